The summed E-state index contributed by atoms with van der Waals surface area (Å²) in [4.78, 5) is 27.7. The number of fused-ring (bicyclic) bond motifs is 1. The van der Waals surface area contributed by atoms with Gasteiger partial charge >= 0.3 is 5.69 Å². The predicted octanol–water partition coefficient (Wildman–Crippen LogP) is 1.00. The fraction of sp³-hybridized carbons (Fsp3) is 0.619. The van der Waals surface area contributed by atoms with E-state index in [9.17, 15) is 9.59 Å². The number of nitrogen functional groups attached to an aromatic ring is 1. The van der Waals surface area contributed by atoms with Crippen LogP contribution in [0.25, 0.3) is 10.9 Å². The lowest BCUT2D eigenvalue weighted by atomic mass is 9.93. The summed E-state index contributed by atoms with van der Waals surface area (Å²) in [7, 11) is 3.21. The van der Waals surface area contributed by atoms with Gasteiger partial charge in [-0.3, -0.25) is 9.36 Å². The van der Waals surface area contributed by atoms with Crippen LogP contribution in [0, 0.1) is 11.8 Å². The van der Waals surface area contributed by atoms with Crippen molar-refractivity contribution in [1.29, 1.82) is 0 Å². The Kier molecular flexibility index (Phi) is 5.50. The molecule has 2 fully saturated rings. The van der Waals surface area contributed by atoms with Gasteiger partial charge in [-0.2, -0.15) is 4.68 Å². The lowest BCUT2D eigenvalue weighted by Gasteiger charge is -2.24. The summed E-state index contributed by atoms with van der Waals surface area (Å²) in [6, 6.07) is 3.72. The zero-order valence-corrected chi connectivity index (χ0v) is 17.8. The molecule has 2 aromatic rings. The number of nitrogens with zero attached hydrogens (tertiary/aromatic N) is 3. The maximum atomic E-state index is 12.8. The molecule has 1 aliphatic carbocycles. The van der Waals surface area contributed by atoms with Crippen LogP contribution in [0.3, 0.4) is 0 Å². The molecule has 0 radical (unpaired) electrons. The molecule has 0 unspecified atom stereocenters. The lowest BCUT2D eigenvalue weighted by molar-refractivity contribution is 0.0936. The molecule has 1 saturated heterocycles. The molecule has 4 rings (SSSR count). The first-order valence-electron chi connectivity index (χ1n) is 10.5. The van der Waals surface area contributed by atoms with Crippen molar-refractivity contribution >= 4 is 16.6 Å². The normalized spacial score (nSPS) is 22.6. The van der Waals surface area contributed by atoms with Gasteiger partial charge in [-0.15, -0.1) is 0 Å². The SMILES string of the molecule is COc1c(N2C[C@H](CC[C@@H](N)OC)[C@H](C)C2)ccc2c(=O)n(N)c(=O)n(C3CC3)c12. The average Bonchev–Trinajstić information content (AvgIpc) is 3.51. The van der Waals surface area contributed by atoms with Crippen LogP contribution in [-0.2, 0) is 4.74 Å². The highest BCUT2D eigenvalue weighted by molar-refractivity contribution is 5.90. The molecule has 0 spiro atoms. The summed E-state index contributed by atoms with van der Waals surface area (Å²) < 4.78 is 13.3. The first kappa shape index (κ1) is 20.7. The van der Waals surface area contributed by atoms with Crippen LogP contribution in [-0.4, -0.2) is 42.8 Å². The van der Waals surface area contributed by atoms with Crippen molar-refractivity contribution in [3.8, 4) is 5.75 Å². The van der Waals surface area contributed by atoms with Crippen molar-refractivity contribution < 1.29 is 9.47 Å². The third-order valence-corrected chi connectivity index (χ3v) is 6.56. The van der Waals surface area contributed by atoms with Crippen LogP contribution in [0.15, 0.2) is 21.7 Å². The van der Waals surface area contributed by atoms with Gasteiger partial charge in [0.25, 0.3) is 5.56 Å². The first-order chi connectivity index (χ1) is 14.4. The van der Waals surface area contributed by atoms with Gasteiger partial charge in [0.2, 0.25) is 0 Å². The summed E-state index contributed by atoms with van der Waals surface area (Å²) >= 11 is 0. The Morgan fingerprint density at radius 2 is 1.93 bits per heavy atom. The van der Waals surface area contributed by atoms with Crippen molar-refractivity contribution in [2.45, 2.75) is 44.9 Å². The second-order valence-electron chi connectivity index (χ2n) is 8.57. The maximum absolute atomic E-state index is 12.8. The van der Waals surface area contributed by atoms with Crippen molar-refractivity contribution in [2.75, 3.05) is 38.1 Å². The summed E-state index contributed by atoms with van der Waals surface area (Å²) in [5, 5.41) is 0.402. The molecule has 2 heterocycles. The van der Waals surface area contributed by atoms with Crippen LogP contribution >= 0.6 is 0 Å². The third kappa shape index (κ3) is 3.45. The molecule has 9 heteroatoms. The Morgan fingerprint density at radius 3 is 2.57 bits per heavy atom. The van der Waals surface area contributed by atoms with E-state index in [0.29, 0.717) is 33.2 Å². The number of ether oxygens (including phenoxy) is 2. The highest BCUT2D eigenvalue weighted by atomic mass is 16.5. The zero-order valence-electron chi connectivity index (χ0n) is 17.8. The minimum Gasteiger partial charge on any atom is -0.492 e. The molecule has 30 heavy (non-hydrogen) atoms. The van der Waals surface area contributed by atoms with E-state index in [1.54, 1.807) is 24.9 Å². The summed E-state index contributed by atoms with van der Waals surface area (Å²) in [5.74, 6) is 7.30. The molecule has 1 aromatic heterocycles. The van der Waals surface area contributed by atoms with E-state index in [0.717, 1.165) is 44.5 Å². The number of methoxy groups -OCH3 is 2. The standard InChI is InChI=1S/C21H31N5O4/c1-12-10-24(11-13(12)4-9-17(22)29-2)16-8-7-15-18(19(16)30-3)25(14-5-6-14)21(28)26(23)20(15)27/h7-8,12-14,17H,4-6,9-11,22-23H2,1-3H3/t12-,13+,17+/m1/s1. The molecule has 1 saturated carbocycles. The van der Waals surface area contributed by atoms with Gasteiger partial charge in [-0.25, -0.2) is 4.79 Å². The maximum Gasteiger partial charge on any atom is 0.350 e. The number of nitrogens with two attached hydrogens (primary N) is 2. The number of aromatic nitrogens is 2. The van der Waals surface area contributed by atoms with Crippen molar-refractivity contribution in [3.05, 3.63) is 33.0 Å². The molecule has 2 aliphatic rings. The van der Waals surface area contributed by atoms with Crippen LogP contribution in [0.4, 0.5) is 5.69 Å². The number of anilines is 1. The fourth-order valence-electron chi connectivity index (χ4n) is 4.63. The summed E-state index contributed by atoms with van der Waals surface area (Å²) in [6.07, 6.45) is 3.33. The quantitative estimate of drug-likeness (QED) is 0.510. The largest absolute Gasteiger partial charge is 0.492 e. The second kappa shape index (κ2) is 7.96. The summed E-state index contributed by atoms with van der Waals surface area (Å²) in [6.45, 7) is 3.97. The van der Waals surface area contributed by atoms with Crippen LogP contribution in [0.2, 0.25) is 0 Å². The van der Waals surface area contributed by atoms with Crippen molar-refractivity contribution in [3.63, 3.8) is 0 Å². The Labute approximate surface area is 175 Å². The first-order valence-corrected chi connectivity index (χ1v) is 10.5. The van der Waals surface area contributed by atoms with Gasteiger partial charge in [0.15, 0.2) is 5.75 Å². The number of hydrogen-bond acceptors (Lipinski definition) is 7. The molecule has 164 valence electrons. The van der Waals surface area contributed by atoms with Crippen molar-refractivity contribution in [2.24, 2.45) is 17.6 Å². The molecule has 0 bridgehead atoms. The highest BCUT2D eigenvalue weighted by Gasteiger charge is 2.34. The molecular weight excluding hydrogens is 386 g/mol. The van der Waals surface area contributed by atoms with E-state index < -0.39 is 11.2 Å². The van der Waals surface area contributed by atoms with Gasteiger partial charge in [0.05, 0.1) is 18.2 Å². The second-order valence-corrected chi connectivity index (χ2v) is 8.57. The molecule has 3 atom stereocenters. The Balaban J connectivity index is 1.76. The van der Waals surface area contributed by atoms with E-state index in [-0.39, 0.29) is 12.3 Å². The molecule has 0 amide bonds. The smallest absolute Gasteiger partial charge is 0.350 e. The predicted molar refractivity (Wildman–Crippen MR) is 117 cm³/mol. The van der Waals surface area contributed by atoms with Crippen molar-refractivity contribution in [1.82, 2.24) is 9.24 Å². The van der Waals surface area contributed by atoms with Gasteiger partial charge < -0.3 is 25.9 Å². The van der Waals surface area contributed by atoms with Gasteiger partial charge in [-0.05, 0) is 49.7 Å². The monoisotopic (exact) mass is 417 g/mol. The Hall–Kier alpha value is -2.52. The minimum absolute atomic E-state index is 0.0559. The number of rotatable bonds is 7. The van der Waals surface area contributed by atoms with Gasteiger partial charge in [0, 0.05) is 26.2 Å². The van der Waals surface area contributed by atoms with E-state index in [1.807, 2.05) is 6.07 Å². The Bertz CT molecular complexity index is 1060. The Morgan fingerprint density at radius 1 is 1.20 bits per heavy atom. The van der Waals surface area contributed by atoms with E-state index in [1.165, 1.54) is 0 Å². The van der Waals surface area contributed by atoms with Crippen LogP contribution in [0.1, 0.15) is 38.6 Å². The third-order valence-electron chi connectivity index (χ3n) is 6.56. The number of hydrogen-bond donors (Lipinski definition) is 2. The molecule has 1 aromatic carbocycles. The highest BCUT2D eigenvalue weighted by Crippen LogP contribution is 2.42. The van der Waals surface area contributed by atoms with Gasteiger partial charge in [-0.1, -0.05) is 6.92 Å². The summed E-state index contributed by atoms with van der Waals surface area (Å²) in [5.41, 5.74) is 6.36. The molecule has 1 aliphatic heterocycles. The minimum atomic E-state index is -0.502. The van der Waals surface area contributed by atoms with Crippen LogP contribution < -0.4 is 32.5 Å². The van der Waals surface area contributed by atoms with E-state index in [4.69, 9.17) is 21.1 Å². The number of benzene rings is 1. The van der Waals surface area contributed by atoms with Gasteiger partial charge in [0.1, 0.15) is 11.7 Å². The molecule has 4 N–H and O–H groups in total. The van der Waals surface area contributed by atoms with Crippen LogP contribution in [0.5, 0.6) is 5.75 Å². The molecule has 9 nitrogen and oxygen atoms in total. The van der Waals surface area contributed by atoms with E-state index in [2.05, 4.69) is 11.8 Å². The fourth-order valence-corrected chi connectivity index (χ4v) is 4.63. The molecular formula is C21H31N5O4. The lowest BCUT2D eigenvalue weighted by Crippen LogP contribution is -2.44. The zero-order chi connectivity index (χ0) is 21.6. The topological polar surface area (TPSA) is 118 Å². The van der Waals surface area contributed by atoms with E-state index >= 15 is 0 Å². The average molecular weight is 418 g/mol.